The fourth-order valence-corrected chi connectivity index (χ4v) is 1.41. The summed E-state index contributed by atoms with van der Waals surface area (Å²) >= 11 is 0. The van der Waals surface area contributed by atoms with E-state index in [0.717, 1.165) is 7.11 Å². The molecule has 0 amide bonds. The highest BCUT2D eigenvalue weighted by Gasteiger charge is 2.37. The smallest absolute Gasteiger partial charge is 0.417 e. The number of carbonyl (C=O) groups is 1. The van der Waals surface area contributed by atoms with Crippen LogP contribution in [-0.2, 0) is 10.9 Å². The van der Waals surface area contributed by atoms with Gasteiger partial charge in [-0.3, -0.25) is 0 Å². The Kier molecular flexibility index (Phi) is 4.09. The number of nitriles is 1. The molecule has 102 valence electrons. The lowest BCUT2D eigenvalue weighted by Crippen LogP contribution is -2.16. The predicted octanol–water partition coefficient (Wildman–Crippen LogP) is 3.30. The van der Waals surface area contributed by atoms with Crippen molar-refractivity contribution in [2.45, 2.75) is 12.6 Å². The van der Waals surface area contributed by atoms with Crippen molar-refractivity contribution in [3.63, 3.8) is 0 Å². The normalized spacial score (nSPS) is 11.3. The molecule has 0 aliphatic heterocycles. The highest BCUT2D eigenvalue weighted by atomic mass is 19.4. The van der Waals surface area contributed by atoms with Gasteiger partial charge in [0.1, 0.15) is 0 Å². The number of ether oxygens (including phenoxy) is 1. The van der Waals surface area contributed by atoms with Gasteiger partial charge in [-0.1, -0.05) is 0 Å². The van der Waals surface area contributed by atoms with Gasteiger partial charge in [0.05, 0.1) is 29.9 Å². The van der Waals surface area contributed by atoms with Gasteiger partial charge in [0, 0.05) is 5.56 Å². The molecule has 0 spiro atoms. The van der Waals surface area contributed by atoms with Crippen LogP contribution in [0.1, 0.15) is 33.5 Å². The lowest BCUT2D eigenvalue weighted by atomic mass is 9.98. The maximum Gasteiger partial charge on any atom is 0.417 e. The summed E-state index contributed by atoms with van der Waals surface area (Å²) in [5, 5.41) is 8.62. The van der Waals surface area contributed by atoms with Crippen LogP contribution in [0.5, 0.6) is 0 Å². The fraction of sp³-hybridized carbons (Fsp3) is 0.273. The Morgan fingerprint density at radius 1 is 1.37 bits per heavy atom. The van der Waals surface area contributed by atoms with Gasteiger partial charge < -0.3 is 4.74 Å². The maximum absolute atomic E-state index is 12.7. The van der Waals surface area contributed by atoms with Crippen molar-refractivity contribution in [3.05, 3.63) is 34.4 Å². The number of benzene rings is 1. The molecular weight excluding hydrogens is 273 g/mol. The van der Waals surface area contributed by atoms with Gasteiger partial charge in [-0.2, -0.15) is 18.4 Å². The molecule has 0 fully saturated rings. The number of methoxy groups -OCH3 is 1. The molecule has 0 aromatic heterocycles. The molecule has 0 atom stereocenters. The number of nitrogens with zero attached hydrogens (tertiary/aromatic N) is 1. The minimum Gasteiger partial charge on any atom is -0.465 e. The second kappa shape index (κ2) is 5.22. The number of halogens is 5. The van der Waals surface area contributed by atoms with Crippen molar-refractivity contribution < 1.29 is 31.5 Å². The van der Waals surface area contributed by atoms with Gasteiger partial charge in [0.15, 0.2) is 0 Å². The van der Waals surface area contributed by atoms with E-state index in [-0.39, 0.29) is 6.07 Å². The maximum atomic E-state index is 12.7. The number of alkyl halides is 5. The van der Waals surface area contributed by atoms with E-state index in [1.54, 1.807) is 0 Å². The Bertz CT molecular complexity index is 545. The zero-order chi connectivity index (χ0) is 14.8. The standard InChI is InChI=1S/C11H6F5NO2/c1-19-10(18)7-2-5(4-17)6(9(12)13)3-8(7)11(14,15)16/h2-3,9H,1H3. The SMILES string of the molecule is COC(=O)c1cc(C#N)c(C(F)F)cc1C(F)(F)F. The van der Waals surface area contributed by atoms with Crippen LogP contribution in [0.15, 0.2) is 12.1 Å². The second-order valence-electron chi connectivity index (χ2n) is 3.39. The van der Waals surface area contributed by atoms with Crippen LogP contribution >= 0.6 is 0 Å². The van der Waals surface area contributed by atoms with Crippen LogP contribution in [0.25, 0.3) is 0 Å². The Hall–Kier alpha value is -2.17. The van der Waals surface area contributed by atoms with Gasteiger partial charge in [-0.25, -0.2) is 13.6 Å². The largest absolute Gasteiger partial charge is 0.465 e. The predicted molar refractivity (Wildman–Crippen MR) is 52.5 cm³/mol. The molecule has 0 N–H and O–H groups in total. The Balaban J connectivity index is 3.64. The van der Waals surface area contributed by atoms with Crippen molar-refractivity contribution in [2.75, 3.05) is 7.11 Å². The van der Waals surface area contributed by atoms with Crippen LogP contribution in [-0.4, -0.2) is 13.1 Å². The summed E-state index contributed by atoms with van der Waals surface area (Å²) < 4.78 is 67.3. The summed E-state index contributed by atoms with van der Waals surface area (Å²) in [5.41, 5.74) is -4.32. The molecule has 0 heterocycles. The molecule has 0 saturated heterocycles. The molecule has 8 heteroatoms. The lowest BCUT2D eigenvalue weighted by Gasteiger charge is -2.14. The number of hydrogen-bond acceptors (Lipinski definition) is 3. The first-order valence-corrected chi connectivity index (χ1v) is 4.74. The van der Waals surface area contributed by atoms with E-state index in [2.05, 4.69) is 4.74 Å². The van der Waals surface area contributed by atoms with Gasteiger partial charge in [0.25, 0.3) is 6.43 Å². The molecule has 19 heavy (non-hydrogen) atoms. The zero-order valence-electron chi connectivity index (χ0n) is 9.39. The van der Waals surface area contributed by atoms with Crippen molar-refractivity contribution in [1.82, 2.24) is 0 Å². The third-order valence-corrected chi connectivity index (χ3v) is 2.26. The third-order valence-electron chi connectivity index (χ3n) is 2.26. The topological polar surface area (TPSA) is 50.1 Å². The highest BCUT2D eigenvalue weighted by molar-refractivity contribution is 5.92. The van der Waals surface area contributed by atoms with E-state index in [1.165, 1.54) is 6.07 Å². The first-order chi connectivity index (χ1) is 8.72. The van der Waals surface area contributed by atoms with Crippen LogP contribution in [0.4, 0.5) is 22.0 Å². The minimum atomic E-state index is -5.01. The van der Waals surface area contributed by atoms with Gasteiger partial charge in [-0.05, 0) is 12.1 Å². The molecule has 3 nitrogen and oxygen atoms in total. The number of hydrogen-bond donors (Lipinski definition) is 0. The number of carbonyl (C=O) groups excluding carboxylic acids is 1. The third kappa shape index (κ3) is 2.99. The Labute approximate surface area is 104 Å². The highest BCUT2D eigenvalue weighted by Crippen LogP contribution is 2.36. The molecule has 1 rings (SSSR count). The molecular formula is C11H6F5NO2. The lowest BCUT2D eigenvalue weighted by molar-refractivity contribution is -0.138. The molecule has 0 aliphatic rings. The molecule has 0 aliphatic carbocycles. The quantitative estimate of drug-likeness (QED) is 0.616. The number of esters is 1. The van der Waals surface area contributed by atoms with Gasteiger partial charge in [-0.15, -0.1) is 0 Å². The van der Waals surface area contributed by atoms with Crippen LogP contribution in [0.2, 0.25) is 0 Å². The van der Waals surface area contributed by atoms with E-state index >= 15 is 0 Å². The zero-order valence-corrected chi connectivity index (χ0v) is 9.39. The van der Waals surface area contributed by atoms with E-state index in [4.69, 9.17) is 5.26 Å². The summed E-state index contributed by atoms with van der Waals surface area (Å²) in [6, 6.07) is 1.87. The minimum absolute atomic E-state index is 0.0927. The van der Waals surface area contributed by atoms with E-state index in [1.807, 2.05) is 0 Å². The Morgan fingerprint density at radius 3 is 2.32 bits per heavy atom. The van der Waals surface area contributed by atoms with Crippen LogP contribution in [0, 0.1) is 11.3 Å². The molecule has 0 saturated carbocycles. The molecule has 0 radical (unpaired) electrons. The summed E-state index contributed by atoms with van der Waals surface area (Å²) in [5.74, 6) is -1.36. The monoisotopic (exact) mass is 279 g/mol. The van der Waals surface area contributed by atoms with E-state index in [9.17, 15) is 26.7 Å². The Morgan fingerprint density at radius 2 is 1.95 bits per heavy atom. The summed E-state index contributed by atoms with van der Waals surface area (Å²) in [7, 11) is 0.843. The fourth-order valence-electron chi connectivity index (χ4n) is 1.41. The summed E-state index contributed by atoms with van der Waals surface area (Å²) in [4.78, 5) is 11.2. The van der Waals surface area contributed by atoms with Gasteiger partial charge >= 0.3 is 12.1 Å². The van der Waals surface area contributed by atoms with Crippen molar-refractivity contribution in [1.29, 1.82) is 5.26 Å². The van der Waals surface area contributed by atoms with Crippen molar-refractivity contribution in [3.8, 4) is 6.07 Å². The van der Waals surface area contributed by atoms with Crippen LogP contribution in [0.3, 0.4) is 0 Å². The van der Waals surface area contributed by atoms with Gasteiger partial charge in [0.2, 0.25) is 0 Å². The van der Waals surface area contributed by atoms with Crippen LogP contribution < -0.4 is 0 Å². The average molecular weight is 279 g/mol. The first kappa shape index (κ1) is 14.9. The van der Waals surface area contributed by atoms with Crippen molar-refractivity contribution in [2.24, 2.45) is 0 Å². The van der Waals surface area contributed by atoms with E-state index < -0.39 is 40.8 Å². The number of rotatable bonds is 2. The first-order valence-electron chi connectivity index (χ1n) is 4.74. The summed E-state index contributed by atoms with van der Waals surface area (Å²) in [6.07, 6.45) is -8.27. The summed E-state index contributed by atoms with van der Waals surface area (Å²) in [6.45, 7) is 0. The molecule has 0 unspecified atom stereocenters. The average Bonchev–Trinajstić information content (AvgIpc) is 2.34. The molecule has 1 aromatic carbocycles. The van der Waals surface area contributed by atoms with Crippen molar-refractivity contribution >= 4 is 5.97 Å². The molecule has 0 bridgehead atoms. The second-order valence-corrected chi connectivity index (χ2v) is 3.39. The molecule has 1 aromatic rings. The van der Waals surface area contributed by atoms with E-state index in [0.29, 0.717) is 6.07 Å².